The van der Waals surface area contributed by atoms with Crippen LogP contribution in [-0.4, -0.2) is 6.61 Å². The summed E-state index contributed by atoms with van der Waals surface area (Å²) in [6, 6.07) is 5.37. The predicted octanol–water partition coefficient (Wildman–Crippen LogP) is 6.93. The normalized spacial score (nSPS) is 11.9. The van der Waals surface area contributed by atoms with Gasteiger partial charge in [0.05, 0.1) is 15.1 Å². The van der Waals surface area contributed by atoms with Crippen LogP contribution in [0.5, 0.6) is 5.75 Å². The van der Waals surface area contributed by atoms with Crippen LogP contribution in [0.15, 0.2) is 30.3 Å². The quantitative estimate of drug-likeness (QED) is 0.407. The van der Waals surface area contributed by atoms with Crippen molar-refractivity contribution in [2.75, 3.05) is 0 Å². The summed E-state index contributed by atoms with van der Waals surface area (Å²) in [5.74, 6) is -0.993. The molecule has 0 saturated heterocycles. The Morgan fingerprint density at radius 2 is 1.52 bits per heavy atom. The first kappa shape index (κ1) is 18.1. The van der Waals surface area contributed by atoms with Gasteiger partial charge in [-0.05, 0) is 29.3 Å². The summed E-state index contributed by atoms with van der Waals surface area (Å²) in [6.07, 6.45) is -4.93. The molecule has 124 valence electrons. The van der Waals surface area contributed by atoms with Gasteiger partial charge in [0.1, 0.15) is 11.3 Å². The number of hydrogen-bond acceptors (Lipinski definition) is 1. The van der Waals surface area contributed by atoms with Crippen LogP contribution in [0.1, 0.15) is 5.56 Å². The summed E-state index contributed by atoms with van der Waals surface area (Å²) in [4.78, 5) is 0. The number of rotatable bonds is 3. The van der Waals surface area contributed by atoms with Crippen LogP contribution in [0.25, 0.3) is 11.1 Å². The van der Waals surface area contributed by atoms with E-state index in [1.807, 2.05) is 0 Å². The maximum Gasteiger partial charge on any atom is 0.420 e. The first-order chi connectivity index (χ1) is 10.6. The Balaban J connectivity index is 2.72. The molecule has 0 aliphatic rings. The van der Waals surface area contributed by atoms with Crippen LogP contribution >= 0.6 is 34.8 Å². The molecule has 23 heavy (non-hydrogen) atoms. The van der Waals surface area contributed by atoms with Gasteiger partial charge in [0.25, 0.3) is 0 Å². The predicted molar refractivity (Wildman–Crippen MR) is 78.5 cm³/mol. The maximum absolute atomic E-state index is 13.3. The molecule has 0 atom stereocenters. The highest BCUT2D eigenvalue weighted by atomic mass is 35.5. The monoisotopic (exact) mass is 390 g/mol. The number of ether oxygens (including phenoxy) is 1. The zero-order chi connectivity index (χ0) is 17.4. The molecule has 0 heterocycles. The highest BCUT2D eigenvalue weighted by Crippen LogP contribution is 2.45. The molecule has 0 amide bonds. The summed E-state index contributed by atoms with van der Waals surface area (Å²) in [5, 5.41) is -0.157. The molecule has 0 fully saturated rings. The van der Waals surface area contributed by atoms with Gasteiger partial charge in [0.2, 0.25) is 0 Å². The topological polar surface area (TPSA) is 9.23 Å². The number of alkyl halides is 5. The SMILES string of the molecule is FC(F)Oc1cccc(-c2cc(Cl)c(Cl)c(Cl)c2)c1C(F)(F)F. The minimum Gasteiger partial charge on any atom is -0.434 e. The Hall–Kier alpha value is -1.24. The van der Waals surface area contributed by atoms with Crippen molar-refractivity contribution >= 4 is 34.8 Å². The summed E-state index contributed by atoms with van der Waals surface area (Å²) in [7, 11) is 0. The number of hydrogen-bond donors (Lipinski definition) is 0. The summed E-state index contributed by atoms with van der Waals surface area (Å²) in [5.41, 5.74) is -1.79. The highest BCUT2D eigenvalue weighted by molar-refractivity contribution is 6.48. The minimum absolute atomic E-state index is 0.0226. The molecule has 0 radical (unpaired) electrons. The van der Waals surface area contributed by atoms with Crippen molar-refractivity contribution in [1.82, 2.24) is 0 Å². The summed E-state index contributed by atoms with van der Waals surface area (Å²) < 4.78 is 68.6. The third-order valence-electron chi connectivity index (χ3n) is 2.82. The lowest BCUT2D eigenvalue weighted by molar-refractivity contribution is -0.141. The van der Waals surface area contributed by atoms with Crippen molar-refractivity contribution in [3.8, 4) is 16.9 Å². The van der Waals surface area contributed by atoms with E-state index < -0.39 is 29.7 Å². The first-order valence-corrected chi connectivity index (χ1v) is 7.04. The van der Waals surface area contributed by atoms with Crippen molar-refractivity contribution in [2.45, 2.75) is 12.8 Å². The van der Waals surface area contributed by atoms with Gasteiger partial charge in [-0.25, -0.2) is 0 Å². The molecule has 2 aromatic rings. The van der Waals surface area contributed by atoms with E-state index in [2.05, 4.69) is 4.74 Å². The van der Waals surface area contributed by atoms with Gasteiger partial charge < -0.3 is 4.74 Å². The average molecular weight is 392 g/mol. The fourth-order valence-corrected chi connectivity index (χ4v) is 2.57. The highest BCUT2D eigenvalue weighted by Gasteiger charge is 2.38. The Morgan fingerprint density at radius 1 is 0.957 bits per heavy atom. The van der Waals surface area contributed by atoms with Gasteiger partial charge >= 0.3 is 12.8 Å². The van der Waals surface area contributed by atoms with Gasteiger partial charge in [-0.15, -0.1) is 0 Å². The van der Waals surface area contributed by atoms with Crippen LogP contribution in [0.4, 0.5) is 22.0 Å². The molecule has 0 N–H and O–H groups in total. The zero-order valence-corrected chi connectivity index (χ0v) is 13.2. The average Bonchev–Trinajstić information content (AvgIpc) is 2.42. The molecule has 9 heteroatoms. The van der Waals surface area contributed by atoms with Gasteiger partial charge in [0, 0.05) is 0 Å². The minimum atomic E-state index is -4.93. The second-order valence-corrected chi connectivity index (χ2v) is 5.50. The van der Waals surface area contributed by atoms with Crippen molar-refractivity contribution in [1.29, 1.82) is 0 Å². The Morgan fingerprint density at radius 3 is 2.00 bits per heavy atom. The second kappa shape index (κ2) is 6.71. The van der Waals surface area contributed by atoms with Crippen LogP contribution in [0, 0.1) is 0 Å². The molecule has 0 aliphatic heterocycles. The lowest BCUT2D eigenvalue weighted by atomic mass is 9.98. The molecule has 0 spiro atoms. The van der Waals surface area contributed by atoms with Crippen molar-refractivity contribution in [3.05, 3.63) is 51.0 Å². The zero-order valence-electron chi connectivity index (χ0n) is 10.9. The van der Waals surface area contributed by atoms with Crippen molar-refractivity contribution in [3.63, 3.8) is 0 Å². The molecule has 0 bridgehead atoms. The number of halogens is 8. The van der Waals surface area contributed by atoms with Gasteiger partial charge in [-0.3, -0.25) is 0 Å². The van der Waals surface area contributed by atoms with E-state index in [1.165, 1.54) is 0 Å². The summed E-state index contributed by atoms with van der Waals surface area (Å²) in [6.45, 7) is -3.40. The second-order valence-electron chi connectivity index (χ2n) is 4.31. The van der Waals surface area contributed by atoms with E-state index in [1.54, 1.807) is 0 Å². The molecular weight excluding hydrogens is 386 g/mol. The smallest absolute Gasteiger partial charge is 0.420 e. The fraction of sp³-hybridized carbons (Fsp3) is 0.143. The van der Waals surface area contributed by atoms with E-state index in [0.717, 1.165) is 30.3 Å². The Kier molecular flexibility index (Phi) is 5.28. The molecule has 2 rings (SSSR count). The molecule has 0 aliphatic carbocycles. The third-order valence-corrected chi connectivity index (χ3v) is 4.02. The molecule has 0 saturated carbocycles. The van der Waals surface area contributed by atoms with E-state index in [4.69, 9.17) is 34.8 Å². The van der Waals surface area contributed by atoms with Crippen molar-refractivity contribution < 1.29 is 26.7 Å². The molecule has 2 aromatic carbocycles. The lowest BCUT2D eigenvalue weighted by Gasteiger charge is -2.18. The van der Waals surface area contributed by atoms with Crippen LogP contribution < -0.4 is 4.74 Å². The number of benzene rings is 2. The van der Waals surface area contributed by atoms with Gasteiger partial charge in [-0.1, -0.05) is 46.9 Å². The largest absolute Gasteiger partial charge is 0.434 e. The molecular formula is C14H6Cl3F5O. The third kappa shape index (κ3) is 4.00. The van der Waals surface area contributed by atoms with E-state index in [0.29, 0.717) is 0 Å². The lowest BCUT2D eigenvalue weighted by Crippen LogP contribution is -2.13. The van der Waals surface area contributed by atoms with Crippen LogP contribution in [0.3, 0.4) is 0 Å². The van der Waals surface area contributed by atoms with E-state index in [-0.39, 0.29) is 20.6 Å². The fourth-order valence-electron chi connectivity index (χ4n) is 1.97. The van der Waals surface area contributed by atoms with Crippen molar-refractivity contribution in [2.24, 2.45) is 0 Å². The molecule has 1 nitrogen and oxygen atoms in total. The Labute approximate surface area is 142 Å². The molecule has 0 aromatic heterocycles. The van der Waals surface area contributed by atoms with E-state index in [9.17, 15) is 22.0 Å². The van der Waals surface area contributed by atoms with E-state index >= 15 is 0 Å². The summed E-state index contributed by atoms with van der Waals surface area (Å²) >= 11 is 17.4. The first-order valence-electron chi connectivity index (χ1n) is 5.91. The van der Waals surface area contributed by atoms with Gasteiger partial charge in [0.15, 0.2) is 0 Å². The Bertz CT molecular complexity index is 708. The standard InChI is InChI=1S/C14H6Cl3F5O/c15-8-4-6(5-9(16)12(8)17)7-2-1-3-10(23-13(18)19)11(7)14(20,21)22/h1-5,13H. The maximum atomic E-state index is 13.3. The van der Waals surface area contributed by atoms with Crippen LogP contribution in [-0.2, 0) is 6.18 Å². The molecule has 0 unspecified atom stereocenters. The van der Waals surface area contributed by atoms with Crippen LogP contribution in [0.2, 0.25) is 15.1 Å². The van der Waals surface area contributed by atoms with Gasteiger partial charge in [-0.2, -0.15) is 22.0 Å².